The number of aryl methyl sites for hydroxylation is 1. The van der Waals surface area contributed by atoms with E-state index in [9.17, 15) is 0 Å². The van der Waals surface area contributed by atoms with Crippen molar-refractivity contribution in [2.45, 2.75) is 33.1 Å². The first-order valence-electron chi connectivity index (χ1n) is 6.37. The molecule has 20 heavy (non-hydrogen) atoms. The third kappa shape index (κ3) is 3.53. The molecule has 1 heterocycles. The minimum absolute atomic E-state index is 0.0107. The summed E-state index contributed by atoms with van der Waals surface area (Å²) in [6.07, 6.45) is 1.67. The Morgan fingerprint density at radius 3 is 2.50 bits per heavy atom. The molecular formula is C16H17BrClNO. The fourth-order valence-corrected chi connectivity index (χ4v) is 2.57. The Kier molecular flexibility index (Phi) is 4.40. The second-order valence-electron chi connectivity index (χ2n) is 5.79. The third-order valence-electron chi connectivity index (χ3n) is 2.92. The van der Waals surface area contributed by atoms with Crippen LogP contribution in [0, 0.1) is 6.92 Å². The Bertz CT molecular complexity index is 635. The molecule has 0 saturated heterocycles. The number of aromatic nitrogens is 1. The normalized spacial score (nSPS) is 11.5. The van der Waals surface area contributed by atoms with Gasteiger partial charge in [-0.3, -0.25) is 0 Å². The Morgan fingerprint density at radius 2 is 1.90 bits per heavy atom. The largest absolute Gasteiger partial charge is 0.437 e. The van der Waals surface area contributed by atoms with Gasteiger partial charge in [-0.05, 0) is 40.4 Å². The van der Waals surface area contributed by atoms with E-state index in [-0.39, 0.29) is 5.41 Å². The van der Waals surface area contributed by atoms with E-state index in [1.54, 1.807) is 12.3 Å². The molecule has 0 aliphatic rings. The van der Waals surface area contributed by atoms with Crippen LogP contribution in [-0.2, 0) is 5.41 Å². The molecule has 0 atom stereocenters. The molecule has 1 aromatic carbocycles. The molecule has 2 nitrogen and oxygen atoms in total. The predicted molar refractivity (Wildman–Crippen MR) is 86.9 cm³/mol. The number of benzene rings is 1. The Morgan fingerprint density at radius 1 is 1.20 bits per heavy atom. The summed E-state index contributed by atoms with van der Waals surface area (Å²) in [7, 11) is 0. The lowest BCUT2D eigenvalue weighted by Gasteiger charge is -2.23. The molecule has 0 aliphatic heterocycles. The van der Waals surface area contributed by atoms with E-state index < -0.39 is 0 Å². The van der Waals surface area contributed by atoms with Gasteiger partial charge in [-0.2, -0.15) is 0 Å². The van der Waals surface area contributed by atoms with Crippen LogP contribution in [0.25, 0.3) is 0 Å². The Balaban J connectivity index is 2.43. The monoisotopic (exact) mass is 353 g/mol. The summed E-state index contributed by atoms with van der Waals surface area (Å²) < 4.78 is 6.74. The smallest absolute Gasteiger partial charge is 0.238 e. The average molecular weight is 355 g/mol. The quantitative estimate of drug-likeness (QED) is 0.670. The maximum Gasteiger partial charge on any atom is 0.238 e. The number of halogens is 2. The van der Waals surface area contributed by atoms with E-state index in [1.807, 2.05) is 12.1 Å². The molecule has 0 radical (unpaired) electrons. The molecule has 4 heteroatoms. The zero-order valence-corrected chi connectivity index (χ0v) is 14.3. The predicted octanol–water partition coefficient (Wildman–Crippen LogP) is 5.90. The van der Waals surface area contributed by atoms with Crippen LogP contribution >= 0.6 is 27.5 Å². The SMILES string of the molecule is Cc1ccc(Oc2ncc(Br)cc2Cl)c(C(C)(C)C)c1. The van der Waals surface area contributed by atoms with E-state index in [2.05, 4.69) is 54.7 Å². The van der Waals surface area contributed by atoms with Crippen molar-refractivity contribution >= 4 is 27.5 Å². The topological polar surface area (TPSA) is 22.1 Å². The number of hydrogen-bond donors (Lipinski definition) is 0. The molecule has 0 aliphatic carbocycles. The molecule has 0 amide bonds. The van der Waals surface area contributed by atoms with Gasteiger partial charge in [0.2, 0.25) is 5.88 Å². The maximum atomic E-state index is 6.16. The van der Waals surface area contributed by atoms with E-state index in [1.165, 1.54) is 5.56 Å². The third-order valence-corrected chi connectivity index (χ3v) is 3.63. The summed E-state index contributed by atoms with van der Waals surface area (Å²) in [6, 6.07) is 7.91. The van der Waals surface area contributed by atoms with E-state index in [0.717, 1.165) is 15.8 Å². The average Bonchev–Trinajstić information content (AvgIpc) is 2.33. The van der Waals surface area contributed by atoms with Gasteiger partial charge in [0, 0.05) is 16.2 Å². The second kappa shape index (κ2) is 5.74. The van der Waals surface area contributed by atoms with Gasteiger partial charge in [-0.25, -0.2) is 4.98 Å². The lowest BCUT2D eigenvalue weighted by molar-refractivity contribution is 0.439. The van der Waals surface area contributed by atoms with Crippen molar-refractivity contribution in [1.82, 2.24) is 4.98 Å². The second-order valence-corrected chi connectivity index (χ2v) is 7.12. The van der Waals surface area contributed by atoms with Gasteiger partial charge >= 0.3 is 0 Å². The molecule has 0 N–H and O–H groups in total. The molecule has 1 aromatic heterocycles. The summed E-state index contributed by atoms with van der Waals surface area (Å²) in [4.78, 5) is 4.22. The minimum atomic E-state index is -0.0107. The van der Waals surface area contributed by atoms with Gasteiger partial charge < -0.3 is 4.74 Å². The number of pyridine rings is 1. The van der Waals surface area contributed by atoms with Crippen molar-refractivity contribution in [3.05, 3.63) is 51.1 Å². The summed E-state index contributed by atoms with van der Waals surface area (Å²) in [5, 5.41) is 0.486. The van der Waals surface area contributed by atoms with Crippen molar-refractivity contribution < 1.29 is 4.74 Å². The zero-order chi connectivity index (χ0) is 14.9. The van der Waals surface area contributed by atoms with E-state index >= 15 is 0 Å². The highest BCUT2D eigenvalue weighted by atomic mass is 79.9. The molecular weight excluding hydrogens is 338 g/mol. The summed E-state index contributed by atoms with van der Waals surface area (Å²) in [6.45, 7) is 8.55. The van der Waals surface area contributed by atoms with Crippen molar-refractivity contribution in [2.75, 3.05) is 0 Å². The van der Waals surface area contributed by atoms with Crippen LogP contribution in [0.1, 0.15) is 31.9 Å². The maximum absolute atomic E-state index is 6.16. The van der Waals surface area contributed by atoms with Crippen LogP contribution in [0.4, 0.5) is 0 Å². The van der Waals surface area contributed by atoms with Gasteiger partial charge in [0.05, 0.1) is 0 Å². The fourth-order valence-electron chi connectivity index (χ4n) is 1.90. The summed E-state index contributed by atoms with van der Waals surface area (Å²) in [5.74, 6) is 1.21. The Hall–Kier alpha value is -1.06. The summed E-state index contributed by atoms with van der Waals surface area (Å²) >= 11 is 9.49. The first-order valence-corrected chi connectivity index (χ1v) is 7.54. The highest BCUT2D eigenvalue weighted by Gasteiger charge is 2.20. The van der Waals surface area contributed by atoms with Crippen LogP contribution in [0.5, 0.6) is 11.6 Å². The van der Waals surface area contributed by atoms with Crippen molar-refractivity contribution in [2.24, 2.45) is 0 Å². The van der Waals surface area contributed by atoms with E-state index in [4.69, 9.17) is 16.3 Å². The van der Waals surface area contributed by atoms with Gasteiger partial charge in [-0.1, -0.05) is 50.1 Å². The van der Waals surface area contributed by atoms with Crippen LogP contribution in [-0.4, -0.2) is 4.98 Å². The lowest BCUT2D eigenvalue weighted by atomic mass is 9.85. The number of nitrogens with zero attached hydrogens (tertiary/aromatic N) is 1. The molecule has 2 rings (SSSR count). The number of rotatable bonds is 2. The lowest BCUT2D eigenvalue weighted by Crippen LogP contribution is -2.13. The van der Waals surface area contributed by atoms with Crippen LogP contribution in [0.2, 0.25) is 5.02 Å². The Labute approximate surface area is 133 Å². The van der Waals surface area contributed by atoms with Crippen molar-refractivity contribution in [1.29, 1.82) is 0 Å². The molecule has 0 unspecified atom stereocenters. The van der Waals surface area contributed by atoms with Crippen molar-refractivity contribution in [3.63, 3.8) is 0 Å². The van der Waals surface area contributed by atoms with Gasteiger partial charge in [0.25, 0.3) is 0 Å². The van der Waals surface area contributed by atoms with Gasteiger partial charge in [-0.15, -0.1) is 0 Å². The fraction of sp³-hybridized carbons (Fsp3) is 0.312. The number of ether oxygens (including phenoxy) is 1. The van der Waals surface area contributed by atoms with Gasteiger partial charge in [0.15, 0.2) is 0 Å². The summed E-state index contributed by atoms with van der Waals surface area (Å²) in [5.41, 5.74) is 2.33. The number of hydrogen-bond acceptors (Lipinski definition) is 2. The molecule has 0 saturated carbocycles. The highest BCUT2D eigenvalue weighted by Crippen LogP contribution is 2.36. The molecule has 0 spiro atoms. The zero-order valence-electron chi connectivity index (χ0n) is 12.0. The van der Waals surface area contributed by atoms with Crippen LogP contribution in [0.15, 0.2) is 34.9 Å². The van der Waals surface area contributed by atoms with Crippen LogP contribution in [0.3, 0.4) is 0 Å². The first-order chi connectivity index (χ1) is 9.27. The standard InChI is InChI=1S/C16H17BrClNO/c1-10-5-6-14(12(7-10)16(2,3)4)20-15-13(18)8-11(17)9-19-15/h5-9H,1-4H3. The van der Waals surface area contributed by atoms with Crippen LogP contribution < -0.4 is 4.74 Å². The highest BCUT2D eigenvalue weighted by molar-refractivity contribution is 9.10. The van der Waals surface area contributed by atoms with Crippen molar-refractivity contribution in [3.8, 4) is 11.6 Å². The molecule has 0 bridgehead atoms. The molecule has 106 valence electrons. The van der Waals surface area contributed by atoms with E-state index in [0.29, 0.717) is 10.9 Å². The minimum Gasteiger partial charge on any atom is -0.437 e. The first kappa shape index (κ1) is 15.3. The molecule has 0 fully saturated rings. The van der Waals surface area contributed by atoms with Gasteiger partial charge in [0.1, 0.15) is 10.8 Å². The molecule has 2 aromatic rings.